The number of aliphatic hydroxyl groups excluding tert-OH is 1. The van der Waals surface area contributed by atoms with Crippen LogP contribution in [0.5, 0.6) is 0 Å². The first kappa shape index (κ1) is 9.05. The van der Waals surface area contributed by atoms with E-state index in [9.17, 15) is 5.11 Å². The molecule has 0 aliphatic rings. The summed E-state index contributed by atoms with van der Waals surface area (Å²) in [7, 11) is 0. The topological polar surface area (TPSA) is 84.7 Å². The molecule has 0 atom stereocenters. The lowest BCUT2D eigenvalue weighted by atomic mass is 10.1. The molecular formula is C10H7N5O. The van der Waals surface area contributed by atoms with Gasteiger partial charge in [0.1, 0.15) is 16.6 Å². The summed E-state index contributed by atoms with van der Waals surface area (Å²) in [6.45, 7) is -0.0984. The Kier molecular flexibility index (Phi) is 1.94. The summed E-state index contributed by atoms with van der Waals surface area (Å²) in [5.41, 5.74) is 2.49. The average molecular weight is 213 g/mol. The summed E-state index contributed by atoms with van der Waals surface area (Å²) in [5, 5.41) is 29.4. The average Bonchev–Trinajstić information content (AvgIpc) is 2.67. The van der Waals surface area contributed by atoms with Gasteiger partial charge >= 0.3 is 0 Å². The van der Waals surface area contributed by atoms with Gasteiger partial charge in [-0.3, -0.25) is 0 Å². The SMILES string of the molecule is OCc1cc2cccnnc2c2nnnc12. The standard InChI is InChI=1S/C10H7N5O/c16-5-7-4-6-2-1-3-11-12-8(6)10-9(7)13-15-14-10/h1-4,16H,5H2. The molecule has 6 heteroatoms. The van der Waals surface area contributed by atoms with Crippen molar-refractivity contribution in [2.45, 2.75) is 6.61 Å². The van der Waals surface area contributed by atoms with Gasteiger partial charge in [0.2, 0.25) is 0 Å². The molecule has 0 aliphatic carbocycles. The van der Waals surface area contributed by atoms with Crippen molar-refractivity contribution in [1.29, 1.82) is 0 Å². The van der Waals surface area contributed by atoms with Gasteiger partial charge in [-0.2, -0.15) is 5.10 Å². The van der Waals surface area contributed by atoms with Crippen LogP contribution in [0.4, 0.5) is 0 Å². The molecule has 0 saturated carbocycles. The Balaban J connectivity index is 2.58. The van der Waals surface area contributed by atoms with Crippen LogP contribution in [0.15, 0.2) is 24.4 Å². The quantitative estimate of drug-likeness (QED) is 0.632. The molecule has 0 saturated heterocycles. The smallest absolute Gasteiger partial charge is 0.144 e. The van der Waals surface area contributed by atoms with Crippen LogP contribution in [0.2, 0.25) is 0 Å². The third-order valence-electron chi connectivity index (χ3n) is 2.40. The first-order valence-corrected chi connectivity index (χ1v) is 4.73. The lowest BCUT2D eigenvalue weighted by Crippen LogP contribution is -1.88. The van der Waals surface area contributed by atoms with E-state index in [4.69, 9.17) is 0 Å². The molecule has 2 aromatic heterocycles. The second-order valence-electron chi connectivity index (χ2n) is 3.34. The molecule has 6 nitrogen and oxygen atoms in total. The zero-order valence-electron chi connectivity index (χ0n) is 8.20. The number of rotatable bonds is 1. The van der Waals surface area contributed by atoms with Crippen LogP contribution in [0.25, 0.3) is 21.9 Å². The van der Waals surface area contributed by atoms with E-state index in [1.54, 1.807) is 12.3 Å². The van der Waals surface area contributed by atoms with E-state index in [1.165, 1.54) is 0 Å². The molecule has 0 aliphatic heterocycles. The molecule has 0 amide bonds. The van der Waals surface area contributed by atoms with Crippen LogP contribution in [0, 0.1) is 0 Å². The molecule has 78 valence electrons. The Morgan fingerprint density at radius 1 is 1.06 bits per heavy atom. The van der Waals surface area contributed by atoms with Crippen LogP contribution < -0.4 is 0 Å². The summed E-state index contributed by atoms with van der Waals surface area (Å²) in [4.78, 5) is 0. The normalized spacial score (nSPS) is 11.1. The van der Waals surface area contributed by atoms with Crippen LogP contribution in [0.1, 0.15) is 5.56 Å². The molecule has 16 heavy (non-hydrogen) atoms. The molecule has 0 fully saturated rings. The van der Waals surface area contributed by atoms with Gasteiger partial charge in [0, 0.05) is 17.1 Å². The molecule has 0 unspecified atom stereocenters. The van der Waals surface area contributed by atoms with Gasteiger partial charge in [0.25, 0.3) is 0 Å². The van der Waals surface area contributed by atoms with Crippen LogP contribution in [-0.4, -0.2) is 30.7 Å². The van der Waals surface area contributed by atoms with Gasteiger partial charge in [-0.25, -0.2) is 0 Å². The summed E-state index contributed by atoms with van der Waals surface area (Å²) in [6.07, 6.45) is 1.59. The summed E-state index contributed by atoms with van der Waals surface area (Å²) in [5.74, 6) is 0. The largest absolute Gasteiger partial charge is 0.392 e. The predicted molar refractivity (Wildman–Crippen MR) is 56.4 cm³/mol. The fraction of sp³-hybridized carbons (Fsp3) is 0.100. The highest BCUT2D eigenvalue weighted by atomic mass is 16.3. The lowest BCUT2D eigenvalue weighted by Gasteiger charge is -1.98. The Morgan fingerprint density at radius 2 is 1.94 bits per heavy atom. The van der Waals surface area contributed by atoms with Crippen LogP contribution in [-0.2, 0) is 6.61 Å². The van der Waals surface area contributed by atoms with E-state index in [0.717, 1.165) is 5.39 Å². The van der Waals surface area contributed by atoms with Gasteiger partial charge in [-0.05, 0) is 17.3 Å². The van der Waals surface area contributed by atoms with Crippen molar-refractivity contribution in [3.8, 4) is 0 Å². The van der Waals surface area contributed by atoms with E-state index in [0.29, 0.717) is 22.1 Å². The minimum absolute atomic E-state index is 0.0984. The number of benzene rings is 1. The van der Waals surface area contributed by atoms with Crippen molar-refractivity contribution in [3.05, 3.63) is 30.0 Å². The van der Waals surface area contributed by atoms with Gasteiger partial charge < -0.3 is 5.11 Å². The van der Waals surface area contributed by atoms with E-state index in [1.807, 2.05) is 12.1 Å². The first-order chi connectivity index (χ1) is 7.90. The zero-order valence-corrected chi connectivity index (χ0v) is 8.20. The van der Waals surface area contributed by atoms with Crippen molar-refractivity contribution >= 4 is 21.9 Å². The van der Waals surface area contributed by atoms with Crippen molar-refractivity contribution in [2.75, 3.05) is 0 Å². The van der Waals surface area contributed by atoms with Gasteiger partial charge in [-0.1, -0.05) is 6.07 Å². The summed E-state index contributed by atoms with van der Waals surface area (Å²) in [6, 6.07) is 5.47. The Hall–Kier alpha value is -2.21. The number of fused-ring (bicyclic) bond motifs is 3. The van der Waals surface area contributed by atoms with E-state index in [-0.39, 0.29) is 6.61 Å². The molecule has 3 rings (SSSR count). The van der Waals surface area contributed by atoms with Crippen LogP contribution in [0.3, 0.4) is 0 Å². The van der Waals surface area contributed by atoms with Crippen molar-refractivity contribution in [2.24, 2.45) is 0 Å². The first-order valence-electron chi connectivity index (χ1n) is 4.73. The number of hydrogen-bond acceptors (Lipinski definition) is 6. The lowest BCUT2D eigenvalue weighted by molar-refractivity contribution is 0.283. The molecule has 0 spiro atoms. The predicted octanol–water partition coefficient (Wildman–Crippen LogP) is 0.460. The monoisotopic (exact) mass is 213 g/mol. The second-order valence-corrected chi connectivity index (χ2v) is 3.34. The number of hydrogen-bond donors (Lipinski definition) is 1. The third-order valence-corrected chi connectivity index (χ3v) is 2.40. The molecule has 1 N–H and O–H groups in total. The molecule has 3 aromatic rings. The minimum atomic E-state index is -0.0984. The van der Waals surface area contributed by atoms with Crippen LogP contribution >= 0.6 is 0 Å². The van der Waals surface area contributed by atoms with Crippen molar-refractivity contribution in [1.82, 2.24) is 25.6 Å². The molecule has 2 heterocycles. The molecular weight excluding hydrogens is 206 g/mol. The van der Waals surface area contributed by atoms with E-state index in [2.05, 4.69) is 25.6 Å². The Morgan fingerprint density at radius 3 is 2.81 bits per heavy atom. The van der Waals surface area contributed by atoms with Crippen molar-refractivity contribution in [3.63, 3.8) is 0 Å². The number of aromatic nitrogens is 5. The highest BCUT2D eigenvalue weighted by Gasteiger charge is 2.10. The van der Waals surface area contributed by atoms with E-state index >= 15 is 0 Å². The van der Waals surface area contributed by atoms with Gasteiger partial charge in [0.15, 0.2) is 0 Å². The maximum Gasteiger partial charge on any atom is 0.144 e. The summed E-state index contributed by atoms with van der Waals surface area (Å²) >= 11 is 0. The van der Waals surface area contributed by atoms with E-state index < -0.39 is 0 Å². The minimum Gasteiger partial charge on any atom is -0.392 e. The van der Waals surface area contributed by atoms with Gasteiger partial charge in [0.05, 0.1) is 6.61 Å². The fourth-order valence-electron chi connectivity index (χ4n) is 1.67. The fourth-order valence-corrected chi connectivity index (χ4v) is 1.67. The third kappa shape index (κ3) is 1.20. The maximum atomic E-state index is 9.24. The molecule has 0 bridgehead atoms. The maximum absolute atomic E-state index is 9.24. The summed E-state index contributed by atoms with van der Waals surface area (Å²) < 4.78 is 0. The number of nitrogens with zero attached hydrogens (tertiary/aromatic N) is 5. The Bertz CT molecular complexity index is 669. The molecule has 0 radical (unpaired) electrons. The van der Waals surface area contributed by atoms with Gasteiger partial charge in [-0.15, -0.1) is 15.3 Å². The number of aliphatic hydroxyl groups is 1. The van der Waals surface area contributed by atoms with Crippen molar-refractivity contribution < 1.29 is 5.11 Å². The highest BCUT2D eigenvalue weighted by molar-refractivity contribution is 6.02. The second kappa shape index (κ2) is 3.42. The Labute approximate surface area is 90.0 Å². The zero-order chi connectivity index (χ0) is 11.0. The highest BCUT2D eigenvalue weighted by Crippen LogP contribution is 2.22. The molecule has 1 aromatic carbocycles.